The molecule has 1 aliphatic rings. The van der Waals surface area contributed by atoms with Crippen LogP contribution in [0.15, 0.2) is 42.9 Å². The van der Waals surface area contributed by atoms with Crippen LogP contribution in [-0.2, 0) is 0 Å². The molecule has 1 N–H and O–H groups in total. The minimum atomic E-state index is -0.882. The van der Waals surface area contributed by atoms with Crippen LogP contribution < -0.4 is 4.74 Å². The van der Waals surface area contributed by atoms with Crippen molar-refractivity contribution in [1.82, 2.24) is 29.0 Å². The second-order valence-electron chi connectivity index (χ2n) is 8.63. The fourth-order valence-corrected chi connectivity index (χ4v) is 4.60. The molecule has 5 heterocycles. The van der Waals surface area contributed by atoms with E-state index >= 15 is 0 Å². The van der Waals surface area contributed by atoms with Crippen molar-refractivity contribution in [1.29, 1.82) is 10.5 Å². The van der Waals surface area contributed by atoms with E-state index in [9.17, 15) is 14.8 Å². The third kappa shape index (κ3) is 4.21. The van der Waals surface area contributed by atoms with Gasteiger partial charge in [0.1, 0.15) is 23.2 Å². The van der Waals surface area contributed by atoms with Gasteiger partial charge in [0.15, 0.2) is 12.3 Å². The predicted octanol–water partition coefficient (Wildman–Crippen LogP) is 3.14. The van der Waals surface area contributed by atoms with Crippen LogP contribution in [0, 0.1) is 35.5 Å². The number of hydrogen-bond acceptors (Lipinski definition) is 8. The summed E-state index contributed by atoms with van der Waals surface area (Å²) in [6, 6.07) is 8.62. The number of nitrogens with zero attached hydrogens (tertiary/aromatic N) is 8. The molecule has 36 heavy (non-hydrogen) atoms. The van der Waals surface area contributed by atoms with Gasteiger partial charge in [-0.05, 0) is 43.5 Å². The number of ether oxygens (including phenoxy) is 1. The van der Waals surface area contributed by atoms with Crippen LogP contribution in [0.4, 0.5) is 4.39 Å². The van der Waals surface area contributed by atoms with Gasteiger partial charge in [0.25, 0.3) is 0 Å². The lowest BCUT2D eigenvalue weighted by Gasteiger charge is -2.29. The number of aromatic nitrogens is 5. The van der Waals surface area contributed by atoms with Gasteiger partial charge in [0, 0.05) is 30.4 Å². The number of pyridine rings is 2. The Kier molecular flexibility index (Phi) is 6.23. The predicted molar refractivity (Wildman–Crippen MR) is 126 cm³/mol. The Bertz CT molecular complexity index is 1470. The maximum atomic E-state index is 13.4. The molecule has 1 unspecified atom stereocenters. The van der Waals surface area contributed by atoms with Crippen LogP contribution in [0.5, 0.6) is 5.88 Å². The summed E-state index contributed by atoms with van der Waals surface area (Å²) in [6.45, 7) is 2.99. The molecule has 1 aliphatic heterocycles. The Morgan fingerprint density at radius 3 is 2.64 bits per heavy atom. The molecule has 1 fully saturated rings. The van der Waals surface area contributed by atoms with Crippen LogP contribution in [-0.4, -0.2) is 53.9 Å². The van der Waals surface area contributed by atoms with Gasteiger partial charge in [0.05, 0.1) is 36.9 Å². The molecule has 0 amide bonds. The first-order valence-corrected chi connectivity index (χ1v) is 11.5. The molecular weight excluding hydrogens is 463 g/mol. The van der Waals surface area contributed by atoms with Crippen molar-refractivity contribution in [3.63, 3.8) is 0 Å². The first kappa shape index (κ1) is 23.3. The molecule has 0 saturated carbocycles. The summed E-state index contributed by atoms with van der Waals surface area (Å²) < 4.78 is 23.0. The normalized spacial score (nSPS) is 15.0. The van der Waals surface area contributed by atoms with E-state index in [-0.39, 0.29) is 17.6 Å². The zero-order valence-electron chi connectivity index (χ0n) is 19.5. The van der Waals surface area contributed by atoms with E-state index in [1.165, 1.54) is 18.3 Å². The Hall–Kier alpha value is -4.48. The molecular formula is C25H23FN8O2. The average molecular weight is 487 g/mol. The number of aliphatic hydroxyl groups excluding tert-OH is 1. The number of piperidine rings is 1. The summed E-state index contributed by atoms with van der Waals surface area (Å²) in [5.41, 5.74) is 3.75. The van der Waals surface area contributed by atoms with Crippen molar-refractivity contribution in [3.8, 4) is 29.3 Å². The lowest BCUT2D eigenvalue weighted by molar-refractivity contribution is 0.107. The highest BCUT2D eigenvalue weighted by Crippen LogP contribution is 2.33. The largest absolute Gasteiger partial charge is 0.466 e. The minimum absolute atomic E-state index is 0.197. The van der Waals surface area contributed by atoms with E-state index in [1.54, 1.807) is 21.6 Å². The third-order valence-electron chi connectivity index (χ3n) is 6.50. The van der Waals surface area contributed by atoms with E-state index in [4.69, 9.17) is 10.00 Å². The van der Waals surface area contributed by atoms with Crippen molar-refractivity contribution in [2.75, 3.05) is 19.7 Å². The van der Waals surface area contributed by atoms with Gasteiger partial charge < -0.3 is 14.7 Å². The zero-order chi connectivity index (χ0) is 25.2. The number of fused-ring (bicyclic) bond motifs is 1. The molecule has 0 aliphatic carbocycles. The molecule has 11 heteroatoms. The van der Waals surface area contributed by atoms with Crippen molar-refractivity contribution < 1.29 is 14.2 Å². The van der Waals surface area contributed by atoms with Crippen molar-refractivity contribution in [3.05, 3.63) is 65.8 Å². The van der Waals surface area contributed by atoms with Crippen LogP contribution >= 0.6 is 0 Å². The van der Waals surface area contributed by atoms with Gasteiger partial charge in [-0.3, -0.25) is 14.1 Å². The first-order valence-electron chi connectivity index (χ1n) is 11.5. The Balaban J connectivity index is 1.53. The Morgan fingerprint density at radius 2 is 1.97 bits per heavy atom. The summed E-state index contributed by atoms with van der Waals surface area (Å²) in [4.78, 5) is 10.2. The number of likely N-dealkylation sites (tertiary alicyclic amines) is 1. The highest BCUT2D eigenvalue weighted by molar-refractivity contribution is 5.71. The summed E-state index contributed by atoms with van der Waals surface area (Å²) in [5.74, 6) is -0.205. The third-order valence-corrected chi connectivity index (χ3v) is 6.50. The topological polar surface area (TPSA) is 128 Å². The maximum Gasteiger partial charge on any atom is 0.201 e. The van der Waals surface area contributed by atoms with E-state index < -0.39 is 18.5 Å². The van der Waals surface area contributed by atoms with Gasteiger partial charge in [0.2, 0.25) is 5.88 Å². The summed E-state index contributed by atoms with van der Waals surface area (Å²) in [7, 11) is 0. The lowest BCUT2D eigenvalue weighted by atomic mass is 10.0. The van der Waals surface area contributed by atoms with Gasteiger partial charge in [-0.25, -0.2) is 9.37 Å². The van der Waals surface area contributed by atoms with E-state index in [0.717, 1.165) is 35.9 Å². The van der Waals surface area contributed by atoms with Crippen LogP contribution in [0.25, 0.3) is 16.8 Å². The summed E-state index contributed by atoms with van der Waals surface area (Å²) in [6.07, 6.45) is 7.29. The second kappa shape index (κ2) is 9.64. The Morgan fingerprint density at radius 1 is 1.17 bits per heavy atom. The smallest absolute Gasteiger partial charge is 0.201 e. The van der Waals surface area contributed by atoms with Crippen molar-refractivity contribution in [2.24, 2.45) is 0 Å². The van der Waals surface area contributed by atoms with E-state index in [0.29, 0.717) is 24.4 Å². The van der Waals surface area contributed by atoms with Crippen molar-refractivity contribution >= 4 is 5.65 Å². The number of nitriles is 2. The quantitative estimate of drug-likeness (QED) is 0.412. The fraction of sp³-hybridized carbons (Fsp3) is 0.320. The highest BCUT2D eigenvalue weighted by atomic mass is 19.1. The maximum absolute atomic E-state index is 13.4. The van der Waals surface area contributed by atoms with Gasteiger partial charge in [-0.1, -0.05) is 0 Å². The molecule has 10 nitrogen and oxygen atoms in total. The molecule has 1 atom stereocenters. The standard InChI is InChI=1S/C25H23FN8O2/c1-16-21(13-31-34(16)19-4-6-32(15-28)7-5-19)17-8-24-30-12-20(10-27)33(24)25(9-17)36-23(14-35)22-3-2-18(26)11-29-22/h2-3,8-9,11-13,19,23,35H,4-7,14H2,1H3. The number of hydrogen-bond donors (Lipinski definition) is 1. The van der Waals surface area contributed by atoms with Gasteiger partial charge in [-0.15, -0.1) is 0 Å². The van der Waals surface area contributed by atoms with Crippen LogP contribution in [0.2, 0.25) is 0 Å². The van der Waals surface area contributed by atoms with Crippen molar-refractivity contribution in [2.45, 2.75) is 31.9 Å². The number of aliphatic hydroxyl groups is 1. The molecule has 1 saturated heterocycles. The van der Waals surface area contributed by atoms with Gasteiger partial charge in [-0.2, -0.15) is 15.6 Å². The lowest BCUT2D eigenvalue weighted by Crippen LogP contribution is -2.31. The minimum Gasteiger partial charge on any atom is -0.466 e. The number of rotatable bonds is 6. The molecule has 0 spiro atoms. The first-order chi connectivity index (χ1) is 17.5. The molecule has 4 aromatic heterocycles. The van der Waals surface area contributed by atoms with Crippen LogP contribution in [0.1, 0.15) is 42.1 Å². The Labute approximate surface area is 206 Å². The second-order valence-corrected chi connectivity index (χ2v) is 8.63. The average Bonchev–Trinajstić information content (AvgIpc) is 3.51. The molecule has 4 aromatic rings. The van der Waals surface area contributed by atoms with E-state index in [1.807, 2.05) is 17.7 Å². The number of halogens is 1. The molecule has 0 bridgehead atoms. The zero-order valence-corrected chi connectivity index (χ0v) is 19.5. The highest BCUT2D eigenvalue weighted by Gasteiger charge is 2.24. The van der Waals surface area contributed by atoms with Gasteiger partial charge >= 0.3 is 0 Å². The van der Waals surface area contributed by atoms with Crippen LogP contribution in [0.3, 0.4) is 0 Å². The molecule has 5 rings (SSSR count). The number of imidazole rings is 1. The SMILES string of the molecule is Cc1c(-c2cc(OC(CO)c3ccc(F)cn3)n3c(C#N)cnc3c2)cnn1C1CCN(C#N)CC1. The summed E-state index contributed by atoms with van der Waals surface area (Å²) in [5, 5.41) is 33.4. The monoisotopic (exact) mass is 486 g/mol. The molecule has 182 valence electrons. The molecule has 0 radical (unpaired) electrons. The summed E-state index contributed by atoms with van der Waals surface area (Å²) >= 11 is 0. The molecule has 0 aromatic carbocycles. The van der Waals surface area contributed by atoms with E-state index in [2.05, 4.69) is 27.3 Å². The fourth-order valence-electron chi connectivity index (χ4n) is 4.60.